The lowest BCUT2D eigenvalue weighted by Crippen LogP contribution is -2.35. The molecule has 0 saturated heterocycles. The average molecular weight is 327 g/mol. The van der Waals surface area contributed by atoms with Crippen molar-refractivity contribution in [2.24, 2.45) is 0 Å². The van der Waals surface area contributed by atoms with E-state index in [1.54, 1.807) is 24.5 Å². The highest BCUT2D eigenvalue weighted by atomic mass is 19.1. The highest BCUT2D eigenvalue weighted by Gasteiger charge is 2.06. The molecule has 5 nitrogen and oxygen atoms in total. The Morgan fingerprint density at radius 1 is 1.08 bits per heavy atom. The second-order valence-electron chi connectivity index (χ2n) is 5.37. The molecule has 0 aliphatic rings. The normalized spacial score (nSPS) is 10.5. The minimum Gasteiger partial charge on any atom is -0.467 e. The van der Waals surface area contributed by atoms with E-state index in [9.17, 15) is 9.18 Å². The number of urea groups is 1. The van der Waals surface area contributed by atoms with Crippen LogP contribution in [0, 0.1) is 5.82 Å². The van der Waals surface area contributed by atoms with Gasteiger partial charge in [-0.25, -0.2) is 9.18 Å². The predicted molar refractivity (Wildman–Crippen MR) is 87.7 cm³/mol. The fraction of sp³-hybridized carbons (Fsp3) is 0.167. The highest BCUT2D eigenvalue weighted by molar-refractivity contribution is 5.73. The van der Waals surface area contributed by atoms with E-state index < -0.39 is 0 Å². The van der Waals surface area contributed by atoms with Crippen molar-refractivity contribution in [3.05, 3.63) is 83.8 Å². The number of nitrogens with one attached hydrogen (secondary N) is 2. The maximum Gasteiger partial charge on any atom is 0.315 e. The summed E-state index contributed by atoms with van der Waals surface area (Å²) < 4.78 is 20.4. The molecule has 2 aromatic heterocycles. The number of amides is 2. The number of furan rings is 1. The first-order valence-electron chi connectivity index (χ1n) is 7.63. The fourth-order valence-electron chi connectivity index (χ4n) is 2.41. The third kappa shape index (κ3) is 4.25. The van der Waals surface area contributed by atoms with Crippen LogP contribution in [0.4, 0.5) is 9.18 Å². The molecule has 0 bridgehead atoms. The average Bonchev–Trinajstić information content (AvgIpc) is 3.23. The van der Waals surface area contributed by atoms with Gasteiger partial charge in [0.1, 0.15) is 11.6 Å². The van der Waals surface area contributed by atoms with Gasteiger partial charge >= 0.3 is 6.03 Å². The van der Waals surface area contributed by atoms with Crippen molar-refractivity contribution in [1.29, 1.82) is 0 Å². The molecule has 0 radical (unpaired) electrons. The number of rotatable bonds is 6. The molecule has 124 valence electrons. The van der Waals surface area contributed by atoms with E-state index in [-0.39, 0.29) is 11.8 Å². The fourth-order valence-corrected chi connectivity index (χ4v) is 2.41. The molecule has 3 aromatic rings. The summed E-state index contributed by atoms with van der Waals surface area (Å²) in [5.74, 6) is 0.441. The molecule has 0 aliphatic heterocycles. The standard InChI is InChI=1S/C18H18FN3O2/c19-15-5-1-4-14(10-15)13-22-8-2-6-16(22)11-20-18(23)21-12-17-7-3-9-24-17/h1-10H,11-13H2,(H2,20,21,23). The van der Waals surface area contributed by atoms with E-state index in [1.165, 1.54) is 12.1 Å². The minimum atomic E-state index is -0.273. The summed E-state index contributed by atoms with van der Waals surface area (Å²) in [7, 11) is 0. The van der Waals surface area contributed by atoms with Gasteiger partial charge in [0.2, 0.25) is 0 Å². The largest absolute Gasteiger partial charge is 0.467 e. The van der Waals surface area contributed by atoms with Gasteiger partial charge in [-0.15, -0.1) is 0 Å². The van der Waals surface area contributed by atoms with Gasteiger partial charge in [0.05, 0.1) is 19.4 Å². The number of benzene rings is 1. The van der Waals surface area contributed by atoms with Gasteiger partial charge in [-0.1, -0.05) is 12.1 Å². The summed E-state index contributed by atoms with van der Waals surface area (Å²) in [5.41, 5.74) is 1.81. The second kappa shape index (κ2) is 7.50. The Kier molecular flexibility index (Phi) is 4.96. The zero-order valence-electron chi connectivity index (χ0n) is 13.0. The monoisotopic (exact) mass is 327 g/mol. The SMILES string of the molecule is O=C(NCc1ccco1)NCc1cccn1Cc1cccc(F)c1. The van der Waals surface area contributed by atoms with Gasteiger partial charge < -0.3 is 19.6 Å². The maximum absolute atomic E-state index is 13.3. The summed E-state index contributed by atoms with van der Waals surface area (Å²) >= 11 is 0. The van der Waals surface area contributed by atoms with E-state index in [4.69, 9.17) is 4.42 Å². The molecule has 2 N–H and O–H groups in total. The molecule has 6 heteroatoms. The molecule has 2 amide bonds. The van der Waals surface area contributed by atoms with Gasteiger partial charge in [0.15, 0.2) is 0 Å². The van der Waals surface area contributed by atoms with Crippen LogP contribution < -0.4 is 10.6 Å². The highest BCUT2D eigenvalue weighted by Crippen LogP contribution is 2.09. The minimum absolute atomic E-state index is 0.253. The molecule has 3 rings (SSSR count). The summed E-state index contributed by atoms with van der Waals surface area (Å²) in [5, 5.41) is 5.52. The van der Waals surface area contributed by atoms with Gasteiger partial charge in [-0.3, -0.25) is 0 Å². The third-order valence-electron chi connectivity index (χ3n) is 3.60. The van der Waals surface area contributed by atoms with Crippen molar-refractivity contribution in [1.82, 2.24) is 15.2 Å². The summed E-state index contributed by atoms with van der Waals surface area (Å²) in [6.07, 6.45) is 3.47. The first-order chi connectivity index (χ1) is 11.7. The molecular formula is C18H18FN3O2. The van der Waals surface area contributed by atoms with Crippen LogP contribution in [0.15, 0.2) is 65.4 Å². The van der Waals surface area contributed by atoms with Crippen LogP contribution in [0.2, 0.25) is 0 Å². The van der Waals surface area contributed by atoms with Crippen molar-refractivity contribution in [3.63, 3.8) is 0 Å². The summed E-state index contributed by atoms with van der Waals surface area (Å²) in [6, 6.07) is 13.6. The van der Waals surface area contributed by atoms with E-state index in [0.717, 1.165) is 11.3 Å². The molecular weight excluding hydrogens is 309 g/mol. The van der Waals surface area contributed by atoms with Crippen LogP contribution in [0.5, 0.6) is 0 Å². The summed E-state index contributed by atoms with van der Waals surface area (Å²) in [6.45, 7) is 1.27. The van der Waals surface area contributed by atoms with Crippen LogP contribution in [-0.2, 0) is 19.6 Å². The van der Waals surface area contributed by atoms with Crippen molar-refractivity contribution in [2.75, 3.05) is 0 Å². The van der Waals surface area contributed by atoms with Crippen LogP contribution >= 0.6 is 0 Å². The second-order valence-corrected chi connectivity index (χ2v) is 5.37. The zero-order valence-corrected chi connectivity index (χ0v) is 13.0. The van der Waals surface area contributed by atoms with Crippen LogP contribution in [0.1, 0.15) is 17.0 Å². The first-order valence-corrected chi connectivity index (χ1v) is 7.63. The molecule has 0 spiro atoms. The number of halogens is 1. The third-order valence-corrected chi connectivity index (χ3v) is 3.60. The smallest absolute Gasteiger partial charge is 0.315 e. The number of nitrogens with zero attached hydrogens (tertiary/aromatic N) is 1. The van der Waals surface area contributed by atoms with E-state index >= 15 is 0 Å². The van der Waals surface area contributed by atoms with Crippen molar-refractivity contribution >= 4 is 6.03 Å². The van der Waals surface area contributed by atoms with E-state index in [2.05, 4.69) is 10.6 Å². The molecule has 2 heterocycles. The molecule has 0 saturated carbocycles. The molecule has 0 atom stereocenters. The number of aromatic nitrogens is 1. The molecule has 1 aromatic carbocycles. The molecule has 0 unspecified atom stereocenters. The van der Waals surface area contributed by atoms with Gasteiger partial charge in [0.25, 0.3) is 0 Å². The Bertz CT molecular complexity index is 796. The molecule has 0 aliphatic carbocycles. The van der Waals surface area contributed by atoms with E-state index in [1.807, 2.05) is 29.0 Å². The van der Waals surface area contributed by atoms with Gasteiger partial charge in [-0.2, -0.15) is 0 Å². The summed E-state index contributed by atoms with van der Waals surface area (Å²) in [4.78, 5) is 11.8. The van der Waals surface area contributed by atoms with Gasteiger partial charge in [0, 0.05) is 18.4 Å². The predicted octanol–water partition coefficient (Wildman–Crippen LogP) is 3.27. The van der Waals surface area contributed by atoms with Crippen LogP contribution in [0.25, 0.3) is 0 Å². The Labute approximate surface area is 139 Å². The number of carbonyl (C=O) groups excluding carboxylic acids is 1. The number of hydrogen-bond donors (Lipinski definition) is 2. The van der Waals surface area contributed by atoms with Crippen molar-refractivity contribution in [3.8, 4) is 0 Å². The Morgan fingerprint density at radius 2 is 1.96 bits per heavy atom. The van der Waals surface area contributed by atoms with Crippen LogP contribution in [0.3, 0.4) is 0 Å². The van der Waals surface area contributed by atoms with Crippen molar-refractivity contribution < 1.29 is 13.6 Å². The molecule has 0 fully saturated rings. The van der Waals surface area contributed by atoms with Crippen LogP contribution in [-0.4, -0.2) is 10.6 Å². The zero-order chi connectivity index (χ0) is 16.8. The Balaban J connectivity index is 1.52. The van der Waals surface area contributed by atoms with Gasteiger partial charge in [-0.05, 0) is 42.0 Å². The van der Waals surface area contributed by atoms with E-state index in [0.29, 0.717) is 25.4 Å². The lowest BCUT2D eigenvalue weighted by molar-refractivity contribution is 0.239. The molecule has 24 heavy (non-hydrogen) atoms. The lowest BCUT2D eigenvalue weighted by atomic mass is 10.2. The Morgan fingerprint density at radius 3 is 2.75 bits per heavy atom. The number of carbonyl (C=O) groups is 1. The van der Waals surface area contributed by atoms with Crippen molar-refractivity contribution in [2.45, 2.75) is 19.6 Å². The maximum atomic E-state index is 13.3. The first kappa shape index (κ1) is 15.9. The number of hydrogen-bond acceptors (Lipinski definition) is 2. The topological polar surface area (TPSA) is 59.2 Å². The quantitative estimate of drug-likeness (QED) is 0.730. The lowest BCUT2D eigenvalue weighted by Gasteiger charge is -2.11. The Hall–Kier alpha value is -3.02.